The maximum Gasteiger partial charge on any atom is 0.255 e. The van der Waals surface area contributed by atoms with E-state index in [0.717, 1.165) is 0 Å². The van der Waals surface area contributed by atoms with Crippen LogP contribution in [0.1, 0.15) is 34.6 Å². The fourth-order valence-corrected chi connectivity index (χ4v) is 3.50. The average molecular weight is 375 g/mol. The summed E-state index contributed by atoms with van der Waals surface area (Å²) >= 11 is 0. The SMILES string of the molecule is CNC(=O)c1cccc(NC(=O)c2ccc(S(=O)(=O)NC(C)C)cc2)c1. The van der Waals surface area contributed by atoms with Crippen molar-refractivity contribution < 1.29 is 18.0 Å². The molecule has 138 valence electrons. The molecule has 2 aromatic rings. The van der Waals surface area contributed by atoms with Crippen molar-refractivity contribution in [1.29, 1.82) is 0 Å². The maximum absolute atomic E-state index is 12.3. The summed E-state index contributed by atoms with van der Waals surface area (Å²) in [5.74, 6) is -0.659. The first-order chi connectivity index (χ1) is 12.2. The van der Waals surface area contributed by atoms with Gasteiger partial charge in [-0.2, -0.15) is 0 Å². The molecular formula is C18H21N3O4S. The van der Waals surface area contributed by atoms with Crippen LogP contribution in [0.3, 0.4) is 0 Å². The van der Waals surface area contributed by atoms with Crippen LogP contribution in [0.15, 0.2) is 53.4 Å². The van der Waals surface area contributed by atoms with Crippen LogP contribution >= 0.6 is 0 Å². The molecule has 2 aromatic carbocycles. The predicted molar refractivity (Wildman–Crippen MR) is 99.7 cm³/mol. The average Bonchev–Trinajstić information content (AvgIpc) is 2.60. The van der Waals surface area contributed by atoms with Crippen LogP contribution in [-0.2, 0) is 10.0 Å². The van der Waals surface area contributed by atoms with Crippen molar-refractivity contribution in [1.82, 2.24) is 10.0 Å². The number of rotatable bonds is 6. The van der Waals surface area contributed by atoms with E-state index in [9.17, 15) is 18.0 Å². The number of hydrogen-bond acceptors (Lipinski definition) is 4. The van der Waals surface area contributed by atoms with Crippen LogP contribution in [0.5, 0.6) is 0 Å². The fraction of sp³-hybridized carbons (Fsp3) is 0.222. The zero-order valence-electron chi connectivity index (χ0n) is 14.7. The summed E-state index contributed by atoms with van der Waals surface area (Å²) < 4.78 is 26.7. The second kappa shape index (κ2) is 8.11. The Hall–Kier alpha value is -2.71. The molecule has 0 atom stereocenters. The molecule has 0 heterocycles. The molecule has 3 N–H and O–H groups in total. The van der Waals surface area contributed by atoms with Crippen molar-refractivity contribution in [3.63, 3.8) is 0 Å². The minimum absolute atomic E-state index is 0.0874. The van der Waals surface area contributed by atoms with Crippen LogP contribution < -0.4 is 15.4 Å². The number of anilines is 1. The van der Waals surface area contributed by atoms with Crippen molar-refractivity contribution in [3.05, 3.63) is 59.7 Å². The summed E-state index contributed by atoms with van der Waals surface area (Å²) in [5.41, 5.74) is 1.19. The molecule has 26 heavy (non-hydrogen) atoms. The summed E-state index contributed by atoms with van der Waals surface area (Å²) in [5, 5.41) is 5.20. The predicted octanol–water partition coefficient (Wildman–Crippen LogP) is 1.99. The van der Waals surface area contributed by atoms with Crippen LogP contribution in [-0.4, -0.2) is 33.3 Å². The molecule has 0 aliphatic carbocycles. The summed E-state index contributed by atoms with van der Waals surface area (Å²) in [6.45, 7) is 3.46. The van der Waals surface area contributed by atoms with Crippen LogP contribution in [0.4, 0.5) is 5.69 Å². The Morgan fingerprint density at radius 2 is 1.58 bits per heavy atom. The van der Waals surface area contributed by atoms with E-state index in [1.165, 1.54) is 31.3 Å². The zero-order valence-corrected chi connectivity index (χ0v) is 15.6. The van der Waals surface area contributed by atoms with Gasteiger partial charge in [0.2, 0.25) is 10.0 Å². The monoisotopic (exact) mass is 375 g/mol. The van der Waals surface area contributed by atoms with Crippen molar-refractivity contribution in [3.8, 4) is 0 Å². The molecule has 0 radical (unpaired) electrons. The van der Waals surface area contributed by atoms with Gasteiger partial charge in [0.05, 0.1) is 4.90 Å². The van der Waals surface area contributed by atoms with E-state index >= 15 is 0 Å². The van der Waals surface area contributed by atoms with E-state index in [4.69, 9.17) is 0 Å². The maximum atomic E-state index is 12.3. The first-order valence-corrected chi connectivity index (χ1v) is 9.47. The highest BCUT2D eigenvalue weighted by Gasteiger charge is 2.16. The summed E-state index contributed by atoms with van der Waals surface area (Å²) in [6.07, 6.45) is 0. The first-order valence-electron chi connectivity index (χ1n) is 7.99. The Bertz CT molecular complexity index is 906. The van der Waals surface area contributed by atoms with Crippen molar-refractivity contribution >= 4 is 27.5 Å². The third-order valence-electron chi connectivity index (χ3n) is 3.43. The molecule has 2 amide bonds. The number of nitrogens with one attached hydrogen (secondary N) is 3. The highest BCUT2D eigenvalue weighted by atomic mass is 32.2. The number of carbonyl (C=O) groups excluding carboxylic acids is 2. The van der Waals surface area contributed by atoms with E-state index in [0.29, 0.717) is 16.8 Å². The molecule has 8 heteroatoms. The third kappa shape index (κ3) is 4.90. The van der Waals surface area contributed by atoms with E-state index in [2.05, 4.69) is 15.4 Å². The van der Waals surface area contributed by atoms with Gasteiger partial charge in [0, 0.05) is 29.9 Å². The molecule has 0 unspecified atom stereocenters. The first kappa shape index (κ1) is 19.6. The van der Waals surface area contributed by atoms with Crippen molar-refractivity contribution in [2.75, 3.05) is 12.4 Å². The van der Waals surface area contributed by atoms with Gasteiger partial charge in [0.15, 0.2) is 0 Å². The smallest absolute Gasteiger partial charge is 0.255 e. The molecule has 0 aliphatic rings. The summed E-state index contributed by atoms with van der Waals surface area (Å²) in [6, 6.07) is 11.9. The highest BCUT2D eigenvalue weighted by molar-refractivity contribution is 7.89. The molecule has 0 spiro atoms. The van der Waals surface area contributed by atoms with Gasteiger partial charge in [0.25, 0.3) is 11.8 Å². The molecule has 0 saturated carbocycles. The van der Waals surface area contributed by atoms with Gasteiger partial charge in [-0.1, -0.05) is 6.07 Å². The fourth-order valence-electron chi connectivity index (χ4n) is 2.25. The van der Waals surface area contributed by atoms with E-state index in [1.807, 2.05) is 0 Å². The topological polar surface area (TPSA) is 104 Å². The molecule has 2 rings (SSSR count). The minimum atomic E-state index is -3.61. The van der Waals surface area contributed by atoms with Crippen LogP contribution in [0.2, 0.25) is 0 Å². The molecule has 7 nitrogen and oxygen atoms in total. The van der Waals surface area contributed by atoms with Gasteiger partial charge in [-0.05, 0) is 56.3 Å². The lowest BCUT2D eigenvalue weighted by Crippen LogP contribution is -2.30. The Labute approximate surface area is 152 Å². The number of hydrogen-bond donors (Lipinski definition) is 3. The van der Waals surface area contributed by atoms with Crippen LogP contribution in [0, 0.1) is 0 Å². The van der Waals surface area contributed by atoms with E-state index in [1.54, 1.807) is 38.1 Å². The Balaban J connectivity index is 2.15. The third-order valence-corrected chi connectivity index (χ3v) is 5.10. The standard InChI is InChI=1S/C18H21N3O4S/c1-12(2)21-26(24,25)16-9-7-13(8-10-16)18(23)20-15-6-4-5-14(11-15)17(22)19-3/h4-12,21H,1-3H3,(H,19,22)(H,20,23). The minimum Gasteiger partial charge on any atom is -0.355 e. The largest absolute Gasteiger partial charge is 0.355 e. The number of sulfonamides is 1. The van der Waals surface area contributed by atoms with Gasteiger partial charge in [-0.3, -0.25) is 9.59 Å². The summed E-state index contributed by atoms with van der Waals surface area (Å²) in [7, 11) is -2.08. The van der Waals surface area contributed by atoms with Crippen molar-refractivity contribution in [2.45, 2.75) is 24.8 Å². The van der Waals surface area contributed by atoms with E-state index in [-0.39, 0.29) is 16.8 Å². The van der Waals surface area contributed by atoms with Gasteiger partial charge in [-0.25, -0.2) is 13.1 Å². The van der Waals surface area contributed by atoms with Gasteiger partial charge >= 0.3 is 0 Å². The molecule has 0 bridgehead atoms. The number of amides is 2. The number of carbonyl (C=O) groups is 2. The number of benzene rings is 2. The Morgan fingerprint density at radius 1 is 0.923 bits per heavy atom. The summed E-state index contributed by atoms with van der Waals surface area (Å²) in [4.78, 5) is 24.1. The second-order valence-corrected chi connectivity index (χ2v) is 7.63. The molecule has 0 aliphatic heterocycles. The van der Waals surface area contributed by atoms with Gasteiger partial charge < -0.3 is 10.6 Å². The lowest BCUT2D eigenvalue weighted by molar-refractivity contribution is 0.0961. The van der Waals surface area contributed by atoms with E-state index < -0.39 is 15.9 Å². The second-order valence-electron chi connectivity index (χ2n) is 5.91. The van der Waals surface area contributed by atoms with Crippen LogP contribution in [0.25, 0.3) is 0 Å². The normalized spacial score (nSPS) is 11.2. The van der Waals surface area contributed by atoms with Gasteiger partial charge in [0.1, 0.15) is 0 Å². The Morgan fingerprint density at radius 3 is 2.15 bits per heavy atom. The molecule has 0 saturated heterocycles. The highest BCUT2D eigenvalue weighted by Crippen LogP contribution is 2.15. The molecular weight excluding hydrogens is 354 g/mol. The quantitative estimate of drug-likeness (QED) is 0.718. The molecule has 0 aromatic heterocycles. The van der Waals surface area contributed by atoms with Gasteiger partial charge in [-0.15, -0.1) is 0 Å². The molecule has 0 fully saturated rings. The Kier molecular flexibility index (Phi) is 6.12. The lowest BCUT2D eigenvalue weighted by atomic mass is 10.1. The van der Waals surface area contributed by atoms with Crippen molar-refractivity contribution in [2.24, 2.45) is 0 Å². The zero-order chi connectivity index (χ0) is 19.3. The lowest BCUT2D eigenvalue weighted by Gasteiger charge is -2.10.